The molecule has 164 valence electrons. The van der Waals surface area contributed by atoms with Gasteiger partial charge in [0.15, 0.2) is 0 Å². The van der Waals surface area contributed by atoms with Crippen molar-refractivity contribution in [2.75, 3.05) is 36.7 Å². The number of aryl methyl sites for hydroxylation is 1. The largest absolute Gasteiger partial charge is 0.372 e. The highest BCUT2D eigenvalue weighted by Crippen LogP contribution is 2.35. The van der Waals surface area contributed by atoms with Gasteiger partial charge in [0, 0.05) is 44.5 Å². The Morgan fingerprint density at radius 2 is 2.06 bits per heavy atom. The number of amides is 2. The zero-order valence-corrected chi connectivity index (χ0v) is 17.7. The van der Waals surface area contributed by atoms with Gasteiger partial charge in [0.05, 0.1) is 0 Å². The monoisotopic (exact) mass is 427 g/mol. The summed E-state index contributed by atoms with van der Waals surface area (Å²) in [4.78, 5) is 29.2. The molecule has 0 unspecified atom stereocenters. The molecular formula is C23H26FN3O4. The summed E-state index contributed by atoms with van der Waals surface area (Å²) in [7, 11) is 1.65. The van der Waals surface area contributed by atoms with Crippen LogP contribution in [-0.2, 0) is 27.3 Å². The number of hydrogen-bond donors (Lipinski definition) is 2. The summed E-state index contributed by atoms with van der Waals surface area (Å²) in [5.41, 5.74) is 1.98. The fourth-order valence-electron chi connectivity index (χ4n) is 4.32. The van der Waals surface area contributed by atoms with Crippen molar-refractivity contribution in [3.05, 3.63) is 58.9 Å². The number of methoxy groups -OCH3 is 1. The SMILES string of the molecule is COCN1CCc2cc(N3CC[C@](O)(C(=O)NCc4cc(C)cc(F)c4)C3=O)ccc21. The predicted molar refractivity (Wildman–Crippen MR) is 114 cm³/mol. The number of anilines is 2. The van der Waals surface area contributed by atoms with Crippen molar-refractivity contribution < 1.29 is 23.8 Å². The molecule has 1 saturated heterocycles. The third kappa shape index (κ3) is 4.00. The van der Waals surface area contributed by atoms with Crippen LogP contribution in [0, 0.1) is 12.7 Å². The van der Waals surface area contributed by atoms with Gasteiger partial charge in [-0.05, 0) is 60.4 Å². The van der Waals surface area contributed by atoms with Crippen LogP contribution in [0.5, 0.6) is 0 Å². The van der Waals surface area contributed by atoms with Crippen molar-refractivity contribution >= 4 is 23.2 Å². The molecule has 1 atom stereocenters. The summed E-state index contributed by atoms with van der Waals surface area (Å²) < 4.78 is 18.8. The minimum atomic E-state index is -2.14. The van der Waals surface area contributed by atoms with Crippen LogP contribution in [-0.4, -0.2) is 49.5 Å². The van der Waals surface area contributed by atoms with Crippen LogP contribution in [0.15, 0.2) is 36.4 Å². The number of rotatable bonds is 6. The molecule has 7 nitrogen and oxygen atoms in total. The van der Waals surface area contributed by atoms with Gasteiger partial charge in [0.1, 0.15) is 12.5 Å². The number of nitrogens with one attached hydrogen (secondary N) is 1. The molecular weight excluding hydrogens is 401 g/mol. The Kier molecular flexibility index (Phi) is 5.68. The number of ether oxygens (including phenoxy) is 1. The molecule has 2 amide bonds. The van der Waals surface area contributed by atoms with E-state index in [1.165, 1.54) is 17.0 Å². The number of benzene rings is 2. The van der Waals surface area contributed by atoms with E-state index in [4.69, 9.17) is 4.74 Å². The summed E-state index contributed by atoms with van der Waals surface area (Å²) in [6.45, 7) is 3.36. The van der Waals surface area contributed by atoms with E-state index in [0.29, 0.717) is 18.0 Å². The number of hydrogen-bond acceptors (Lipinski definition) is 5. The van der Waals surface area contributed by atoms with E-state index in [9.17, 15) is 19.1 Å². The van der Waals surface area contributed by atoms with E-state index in [1.807, 2.05) is 18.2 Å². The van der Waals surface area contributed by atoms with Crippen molar-refractivity contribution in [3.8, 4) is 0 Å². The molecule has 0 radical (unpaired) electrons. The lowest BCUT2D eigenvalue weighted by molar-refractivity contribution is -0.149. The van der Waals surface area contributed by atoms with Gasteiger partial charge in [0.25, 0.3) is 11.8 Å². The highest BCUT2D eigenvalue weighted by atomic mass is 19.1. The molecule has 2 aromatic carbocycles. The number of halogens is 1. The molecule has 0 aliphatic carbocycles. The topological polar surface area (TPSA) is 82.1 Å². The second-order valence-corrected chi connectivity index (χ2v) is 8.13. The van der Waals surface area contributed by atoms with Gasteiger partial charge in [-0.3, -0.25) is 9.59 Å². The number of carbonyl (C=O) groups excluding carboxylic acids is 2. The number of aliphatic hydroxyl groups is 1. The highest BCUT2D eigenvalue weighted by molar-refractivity contribution is 6.16. The van der Waals surface area contributed by atoms with E-state index < -0.39 is 23.2 Å². The van der Waals surface area contributed by atoms with Crippen LogP contribution in [0.2, 0.25) is 0 Å². The minimum Gasteiger partial charge on any atom is -0.372 e. The smallest absolute Gasteiger partial charge is 0.268 e. The molecule has 8 heteroatoms. The lowest BCUT2D eigenvalue weighted by Gasteiger charge is -2.23. The Labute approximate surface area is 180 Å². The van der Waals surface area contributed by atoms with Crippen LogP contribution in [0.4, 0.5) is 15.8 Å². The van der Waals surface area contributed by atoms with Crippen LogP contribution < -0.4 is 15.1 Å². The zero-order chi connectivity index (χ0) is 22.2. The fourth-order valence-corrected chi connectivity index (χ4v) is 4.32. The summed E-state index contributed by atoms with van der Waals surface area (Å²) in [5, 5.41) is 13.4. The second kappa shape index (κ2) is 8.28. The molecule has 31 heavy (non-hydrogen) atoms. The Morgan fingerprint density at radius 1 is 1.26 bits per heavy atom. The first-order valence-corrected chi connectivity index (χ1v) is 10.3. The fraction of sp³-hybridized carbons (Fsp3) is 0.391. The highest BCUT2D eigenvalue weighted by Gasteiger charge is 2.51. The average molecular weight is 427 g/mol. The minimum absolute atomic E-state index is 0.00721. The normalized spacial score (nSPS) is 20.3. The summed E-state index contributed by atoms with van der Waals surface area (Å²) >= 11 is 0. The maximum atomic E-state index is 13.6. The first kappa shape index (κ1) is 21.3. The quantitative estimate of drug-likeness (QED) is 0.688. The molecule has 2 aliphatic rings. The summed E-state index contributed by atoms with van der Waals surface area (Å²) in [5.74, 6) is -1.81. The molecule has 4 rings (SSSR count). The first-order valence-electron chi connectivity index (χ1n) is 10.3. The maximum Gasteiger partial charge on any atom is 0.268 e. The molecule has 2 aromatic rings. The van der Waals surface area contributed by atoms with Gasteiger partial charge >= 0.3 is 0 Å². The van der Waals surface area contributed by atoms with Crippen molar-refractivity contribution in [3.63, 3.8) is 0 Å². The third-order valence-corrected chi connectivity index (χ3v) is 5.88. The molecule has 2 N–H and O–H groups in total. The zero-order valence-electron chi connectivity index (χ0n) is 17.7. The van der Waals surface area contributed by atoms with Gasteiger partial charge in [-0.2, -0.15) is 0 Å². The Morgan fingerprint density at radius 3 is 2.81 bits per heavy atom. The second-order valence-electron chi connectivity index (χ2n) is 8.13. The van der Waals surface area contributed by atoms with Crippen molar-refractivity contribution in [2.24, 2.45) is 0 Å². The Hall–Kier alpha value is -2.97. The van der Waals surface area contributed by atoms with Crippen LogP contribution in [0.3, 0.4) is 0 Å². The van der Waals surface area contributed by atoms with Crippen LogP contribution in [0.25, 0.3) is 0 Å². The average Bonchev–Trinajstić information content (AvgIpc) is 3.27. The Bertz CT molecular complexity index is 1010. The van der Waals surface area contributed by atoms with Gasteiger partial charge < -0.3 is 25.0 Å². The first-order chi connectivity index (χ1) is 14.8. The maximum absolute atomic E-state index is 13.6. The predicted octanol–water partition coefficient (Wildman–Crippen LogP) is 1.88. The van der Waals surface area contributed by atoms with Crippen molar-refractivity contribution in [2.45, 2.75) is 31.9 Å². The van der Waals surface area contributed by atoms with E-state index >= 15 is 0 Å². The van der Waals surface area contributed by atoms with Crippen LogP contribution >= 0.6 is 0 Å². The van der Waals surface area contributed by atoms with Gasteiger partial charge in [-0.15, -0.1) is 0 Å². The molecule has 0 saturated carbocycles. The lowest BCUT2D eigenvalue weighted by atomic mass is 10.0. The van der Waals surface area contributed by atoms with Gasteiger partial charge in [-0.1, -0.05) is 6.07 Å². The molecule has 0 spiro atoms. The van der Waals surface area contributed by atoms with E-state index in [-0.39, 0.29) is 19.5 Å². The van der Waals surface area contributed by atoms with Crippen molar-refractivity contribution in [1.82, 2.24) is 5.32 Å². The molecule has 2 heterocycles. The van der Waals surface area contributed by atoms with E-state index in [1.54, 1.807) is 20.1 Å². The van der Waals surface area contributed by atoms with Crippen LogP contribution in [0.1, 0.15) is 23.1 Å². The van der Waals surface area contributed by atoms with E-state index in [2.05, 4.69) is 10.2 Å². The van der Waals surface area contributed by atoms with Crippen molar-refractivity contribution in [1.29, 1.82) is 0 Å². The number of nitrogens with zero attached hydrogens (tertiary/aromatic N) is 2. The number of carbonyl (C=O) groups is 2. The van der Waals surface area contributed by atoms with Gasteiger partial charge in [0.2, 0.25) is 5.60 Å². The van der Waals surface area contributed by atoms with Gasteiger partial charge in [-0.25, -0.2) is 4.39 Å². The lowest BCUT2D eigenvalue weighted by Crippen LogP contribution is -2.52. The Balaban J connectivity index is 1.46. The molecule has 1 fully saturated rings. The third-order valence-electron chi connectivity index (χ3n) is 5.88. The number of fused-ring (bicyclic) bond motifs is 1. The van der Waals surface area contributed by atoms with E-state index in [0.717, 1.165) is 29.8 Å². The standard InChI is InChI=1S/C23H26FN3O4/c1-15-9-16(11-18(24)10-15)13-25-21(28)23(30)6-8-27(22(23)29)19-3-4-20-17(12-19)5-7-26(20)14-31-2/h3-4,9-12,30H,5-8,13-14H2,1-2H3,(H,25,28)/t23-/m0/s1. The summed E-state index contributed by atoms with van der Waals surface area (Å²) in [6.07, 6.45) is 0.832. The summed E-state index contributed by atoms with van der Waals surface area (Å²) in [6, 6.07) is 10.1. The molecule has 0 bridgehead atoms. The molecule has 0 aromatic heterocycles. The molecule has 2 aliphatic heterocycles.